The summed E-state index contributed by atoms with van der Waals surface area (Å²) in [5, 5.41) is 1.71. The first-order valence-corrected chi connectivity index (χ1v) is 8.56. The zero-order valence-electron chi connectivity index (χ0n) is 14.7. The molecule has 1 fully saturated rings. The summed E-state index contributed by atoms with van der Waals surface area (Å²) in [5.41, 5.74) is 8.18. The van der Waals surface area contributed by atoms with Crippen LogP contribution in [0.3, 0.4) is 0 Å². The summed E-state index contributed by atoms with van der Waals surface area (Å²) < 4.78 is 0. The number of hydrazine groups is 1. The average molecular weight is 316 g/mol. The van der Waals surface area contributed by atoms with Crippen LogP contribution in [0, 0.1) is 20.8 Å². The number of ketones is 1. The lowest BCUT2D eigenvalue weighted by atomic mass is 9.96. The molecule has 1 aromatic rings. The van der Waals surface area contributed by atoms with E-state index >= 15 is 0 Å². The Kier molecular flexibility index (Phi) is 5.94. The normalized spacial score (nSPS) is 18.9. The van der Waals surface area contributed by atoms with Crippen LogP contribution in [0.2, 0.25) is 0 Å². The molecule has 23 heavy (non-hydrogen) atoms. The zero-order valence-corrected chi connectivity index (χ0v) is 14.7. The van der Waals surface area contributed by atoms with E-state index in [1.54, 1.807) is 5.01 Å². The van der Waals surface area contributed by atoms with Crippen LogP contribution >= 0.6 is 0 Å². The second-order valence-corrected chi connectivity index (χ2v) is 6.60. The van der Waals surface area contributed by atoms with E-state index in [4.69, 9.17) is 0 Å². The molecule has 126 valence electrons. The number of rotatable bonds is 4. The van der Waals surface area contributed by atoms with Crippen LogP contribution in [0.5, 0.6) is 0 Å². The zero-order chi connectivity index (χ0) is 17.0. The fourth-order valence-corrected chi connectivity index (χ4v) is 3.48. The van der Waals surface area contributed by atoms with E-state index in [9.17, 15) is 9.59 Å². The minimum atomic E-state index is -0.0160. The molecule has 2 rings (SSSR count). The molecule has 0 spiro atoms. The van der Waals surface area contributed by atoms with Gasteiger partial charge < -0.3 is 0 Å². The minimum Gasteiger partial charge on any atom is -0.300 e. The molecule has 0 saturated carbocycles. The van der Waals surface area contributed by atoms with Crippen LogP contribution in [0.4, 0.5) is 0 Å². The summed E-state index contributed by atoms with van der Waals surface area (Å²) in [5.74, 6) is 0.329. The third-order valence-electron chi connectivity index (χ3n) is 4.68. The van der Waals surface area contributed by atoms with Gasteiger partial charge in [-0.1, -0.05) is 24.6 Å². The second kappa shape index (κ2) is 7.73. The molecule has 0 bridgehead atoms. The van der Waals surface area contributed by atoms with Crippen LogP contribution in [0.15, 0.2) is 12.1 Å². The summed E-state index contributed by atoms with van der Waals surface area (Å²) in [6.07, 6.45) is 3.00. The van der Waals surface area contributed by atoms with Gasteiger partial charge >= 0.3 is 0 Å². The Morgan fingerprint density at radius 3 is 2.52 bits per heavy atom. The molecule has 1 aromatic carbocycles. The maximum atomic E-state index is 12.6. The first-order chi connectivity index (χ1) is 10.9. The van der Waals surface area contributed by atoms with Crippen LogP contribution in [0.25, 0.3) is 0 Å². The van der Waals surface area contributed by atoms with Gasteiger partial charge in [-0.2, -0.15) is 0 Å². The van der Waals surface area contributed by atoms with E-state index < -0.39 is 0 Å². The van der Waals surface area contributed by atoms with Gasteiger partial charge in [-0.25, -0.2) is 5.43 Å². The summed E-state index contributed by atoms with van der Waals surface area (Å²) in [6, 6.07) is 4.33. The van der Waals surface area contributed by atoms with E-state index in [1.807, 2.05) is 6.92 Å². The largest absolute Gasteiger partial charge is 0.300 e. The lowest BCUT2D eigenvalue weighted by molar-refractivity contribution is -0.137. The number of amides is 1. The van der Waals surface area contributed by atoms with Crippen molar-refractivity contribution in [3.8, 4) is 0 Å². The summed E-state index contributed by atoms with van der Waals surface area (Å²) in [7, 11) is 0. The highest BCUT2D eigenvalue weighted by atomic mass is 16.2. The van der Waals surface area contributed by atoms with Crippen molar-refractivity contribution >= 4 is 11.7 Å². The van der Waals surface area contributed by atoms with Crippen molar-refractivity contribution in [2.75, 3.05) is 6.54 Å². The molecule has 1 amide bonds. The van der Waals surface area contributed by atoms with E-state index in [0.29, 0.717) is 25.8 Å². The Balaban J connectivity index is 2.05. The SMILES string of the molecule is CC[C@H]1CC(=O)CCNN1C(=O)CCc1c(C)cc(C)cc1C. The molecule has 1 atom stereocenters. The third-order valence-corrected chi connectivity index (χ3v) is 4.68. The Labute approximate surface area is 139 Å². The van der Waals surface area contributed by atoms with Gasteiger partial charge in [0.1, 0.15) is 5.78 Å². The monoisotopic (exact) mass is 316 g/mol. The Morgan fingerprint density at radius 1 is 1.26 bits per heavy atom. The number of hydrogen-bond donors (Lipinski definition) is 1. The van der Waals surface area contributed by atoms with Crippen molar-refractivity contribution < 1.29 is 9.59 Å². The van der Waals surface area contributed by atoms with Gasteiger partial charge in [-0.05, 0) is 50.3 Å². The highest BCUT2D eigenvalue weighted by molar-refractivity contribution is 5.82. The molecule has 0 aromatic heterocycles. The van der Waals surface area contributed by atoms with Gasteiger partial charge in [0.15, 0.2) is 0 Å². The number of carbonyl (C=O) groups is 2. The Bertz CT molecular complexity index is 572. The first kappa shape index (κ1) is 17.7. The fourth-order valence-electron chi connectivity index (χ4n) is 3.48. The van der Waals surface area contributed by atoms with E-state index in [-0.39, 0.29) is 17.7 Å². The molecule has 4 nitrogen and oxygen atoms in total. The molecule has 1 N–H and O–H groups in total. The van der Waals surface area contributed by atoms with Gasteiger partial charge in [-0.3, -0.25) is 14.6 Å². The smallest absolute Gasteiger partial charge is 0.237 e. The lowest BCUT2D eigenvalue weighted by Crippen LogP contribution is -2.48. The molecule has 1 aliphatic heterocycles. The summed E-state index contributed by atoms with van der Waals surface area (Å²) in [6.45, 7) is 8.90. The van der Waals surface area contributed by atoms with E-state index in [0.717, 1.165) is 12.8 Å². The molecular weight excluding hydrogens is 288 g/mol. The van der Waals surface area contributed by atoms with Gasteiger partial charge in [0.2, 0.25) is 5.91 Å². The number of Topliss-reactive ketones (excluding diaryl/α,β-unsaturated/α-hetero) is 1. The first-order valence-electron chi connectivity index (χ1n) is 8.56. The maximum Gasteiger partial charge on any atom is 0.237 e. The van der Waals surface area contributed by atoms with Crippen molar-refractivity contribution in [2.45, 2.75) is 65.8 Å². The molecule has 1 aliphatic rings. The van der Waals surface area contributed by atoms with Crippen molar-refractivity contribution in [3.63, 3.8) is 0 Å². The van der Waals surface area contributed by atoms with Crippen molar-refractivity contribution in [2.24, 2.45) is 0 Å². The summed E-state index contributed by atoms with van der Waals surface area (Å²) in [4.78, 5) is 24.4. The van der Waals surface area contributed by atoms with Crippen molar-refractivity contribution in [3.05, 3.63) is 34.4 Å². The van der Waals surface area contributed by atoms with Gasteiger partial charge in [0, 0.05) is 25.8 Å². The predicted molar refractivity (Wildman–Crippen MR) is 92.1 cm³/mol. The quantitative estimate of drug-likeness (QED) is 0.929. The van der Waals surface area contributed by atoms with Crippen LogP contribution in [-0.4, -0.2) is 29.3 Å². The molecule has 0 unspecified atom stereocenters. The molecule has 4 heteroatoms. The van der Waals surface area contributed by atoms with Gasteiger partial charge in [0.05, 0.1) is 6.04 Å². The minimum absolute atomic E-state index is 0.0160. The maximum absolute atomic E-state index is 12.6. The van der Waals surface area contributed by atoms with Gasteiger partial charge in [-0.15, -0.1) is 0 Å². The highest BCUT2D eigenvalue weighted by Crippen LogP contribution is 2.19. The van der Waals surface area contributed by atoms with E-state index in [2.05, 4.69) is 38.3 Å². The van der Waals surface area contributed by atoms with Crippen LogP contribution in [0.1, 0.15) is 54.9 Å². The molecule has 1 heterocycles. The second-order valence-electron chi connectivity index (χ2n) is 6.60. The van der Waals surface area contributed by atoms with Crippen LogP contribution < -0.4 is 5.43 Å². The third kappa shape index (κ3) is 4.41. The van der Waals surface area contributed by atoms with Crippen molar-refractivity contribution in [1.82, 2.24) is 10.4 Å². The fraction of sp³-hybridized carbons (Fsp3) is 0.579. The average Bonchev–Trinajstić information content (AvgIpc) is 2.67. The highest BCUT2D eigenvalue weighted by Gasteiger charge is 2.27. The molecule has 1 saturated heterocycles. The van der Waals surface area contributed by atoms with Crippen molar-refractivity contribution in [1.29, 1.82) is 0 Å². The number of hydrogen-bond acceptors (Lipinski definition) is 3. The van der Waals surface area contributed by atoms with Crippen LogP contribution in [-0.2, 0) is 16.0 Å². The number of carbonyl (C=O) groups excluding carboxylic acids is 2. The number of benzene rings is 1. The molecular formula is C19H28N2O2. The molecule has 0 aliphatic carbocycles. The van der Waals surface area contributed by atoms with E-state index in [1.165, 1.54) is 22.3 Å². The number of nitrogens with zero attached hydrogens (tertiary/aromatic N) is 1. The Hall–Kier alpha value is -1.68. The number of nitrogens with one attached hydrogen (secondary N) is 1. The van der Waals surface area contributed by atoms with Gasteiger partial charge in [0.25, 0.3) is 0 Å². The standard InChI is InChI=1S/C19H28N2O2/c1-5-16-12-17(22)8-9-20-21(16)19(23)7-6-18-14(3)10-13(2)11-15(18)4/h10-11,16,20H,5-9,12H2,1-4H3/t16-/m0/s1. The molecule has 0 radical (unpaired) electrons. The predicted octanol–water partition coefficient (Wildman–Crippen LogP) is 3.02. The summed E-state index contributed by atoms with van der Waals surface area (Å²) >= 11 is 0. The Morgan fingerprint density at radius 2 is 1.91 bits per heavy atom. The lowest BCUT2D eigenvalue weighted by Gasteiger charge is -2.29. The topological polar surface area (TPSA) is 49.4 Å². The number of aryl methyl sites for hydroxylation is 3.